The van der Waals surface area contributed by atoms with E-state index in [1.807, 2.05) is 6.07 Å². The number of sulfonamides is 1. The van der Waals surface area contributed by atoms with Gasteiger partial charge in [0.15, 0.2) is 0 Å². The summed E-state index contributed by atoms with van der Waals surface area (Å²) in [5.41, 5.74) is 6.21. The Labute approximate surface area is 131 Å². The van der Waals surface area contributed by atoms with Crippen molar-refractivity contribution in [2.75, 3.05) is 5.73 Å². The molecule has 0 heterocycles. The molecular weight excluding hydrogens is 359 g/mol. The number of hydrogen-bond acceptors (Lipinski definition) is 3. The molecule has 0 bridgehead atoms. The van der Waals surface area contributed by atoms with Gasteiger partial charge in [-0.15, -0.1) is 0 Å². The first-order valence-electron chi connectivity index (χ1n) is 6.13. The van der Waals surface area contributed by atoms with Gasteiger partial charge in [-0.3, -0.25) is 0 Å². The summed E-state index contributed by atoms with van der Waals surface area (Å²) in [6.07, 6.45) is 0. The van der Waals surface area contributed by atoms with Crippen LogP contribution in [0.3, 0.4) is 0 Å². The highest BCUT2D eigenvalue weighted by atomic mass is 79.9. The fraction of sp³-hybridized carbons (Fsp3) is 0.143. The molecule has 2 rings (SSSR count). The van der Waals surface area contributed by atoms with E-state index in [0.29, 0.717) is 0 Å². The average Bonchev–Trinajstić information content (AvgIpc) is 2.37. The molecule has 0 aliphatic rings. The predicted molar refractivity (Wildman–Crippen MR) is 83.7 cm³/mol. The van der Waals surface area contributed by atoms with Crippen LogP contribution in [0.5, 0.6) is 0 Å². The number of hydrogen-bond donors (Lipinski definition) is 2. The lowest BCUT2D eigenvalue weighted by molar-refractivity contribution is 0.548. The zero-order chi connectivity index (χ0) is 15.6. The maximum Gasteiger partial charge on any atom is 0.246 e. The van der Waals surface area contributed by atoms with Crippen molar-refractivity contribution >= 4 is 31.6 Å². The lowest BCUT2D eigenvalue weighted by Crippen LogP contribution is -2.28. The van der Waals surface area contributed by atoms with E-state index in [2.05, 4.69) is 20.7 Å². The Balaban J connectivity index is 2.34. The zero-order valence-electron chi connectivity index (χ0n) is 11.2. The highest BCUT2D eigenvalue weighted by molar-refractivity contribution is 9.10. The average molecular weight is 373 g/mol. The van der Waals surface area contributed by atoms with Crippen molar-refractivity contribution in [3.8, 4) is 0 Å². The molecule has 1 unspecified atom stereocenters. The molecule has 0 aromatic heterocycles. The fourth-order valence-electron chi connectivity index (χ4n) is 1.94. The molecule has 7 heteroatoms. The van der Waals surface area contributed by atoms with Crippen LogP contribution in [0.25, 0.3) is 0 Å². The summed E-state index contributed by atoms with van der Waals surface area (Å²) in [4.78, 5) is -0.521. The standard InChI is InChI=1S/C14H14BrFN2O2S/c1-9(10-4-2-5-11(15)8-10)18-21(19,20)14-12(16)6-3-7-13(14)17/h2-9,18H,17H2,1H3. The molecule has 0 aliphatic carbocycles. The Bertz CT molecular complexity index is 745. The van der Waals surface area contributed by atoms with Gasteiger partial charge in [-0.05, 0) is 36.8 Å². The third kappa shape index (κ3) is 3.61. The predicted octanol–water partition coefficient (Wildman–Crippen LogP) is 3.21. The van der Waals surface area contributed by atoms with Crippen LogP contribution < -0.4 is 10.5 Å². The Kier molecular flexibility index (Phi) is 4.65. The van der Waals surface area contributed by atoms with Crippen LogP contribution >= 0.6 is 15.9 Å². The summed E-state index contributed by atoms with van der Waals surface area (Å²) < 4.78 is 41.6. The third-order valence-electron chi connectivity index (χ3n) is 2.95. The van der Waals surface area contributed by atoms with E-state index in [1.54, 1.807) is 25.1 Å². The van der Waals surface area contributed by atoms with Crippen molar-refractivity contribution in [3.63, 3.8) is 0 Å². The van der Waals surface area contributed by atoms with E-state index in [-0.39, 0.29) is 5.69 Å². The molecular formula is C14H14BrFN2O2S. The van der Waals surface area contributed by atoms with Gasteiger partial charge in [0.05, 0.1) is 5.69 Å². The summed E-state index contributed by atoms with van der Waals surface area (Å²) in [7, 11) is -4.05. The van der Waals surface area contributed by atoms with Crippen LogP contribution in [0, 0.1) is 5.82 Å². The van der Waals surface area contributed by atoms with Gasteiger partial charge in [-0.25, -0.2) is 17.5 Å². The molecule has 3 N–H and O–H groups in total. The van der Waals surface area contributed by atoms with Crippen molar-refractivity contribution in [2.24, 2.45) is 0 Å². The molecule has 0 saturated carbocycles. The molecule has 4 nitrogen and oxygen atoms in total. The van der Waals surface area contributed by atoms with Gasteiger partial charge >= 0.3 is 0 Å². The Morgan fingerprint density at radius 1 is 1.24 bits per heavy atom. The van der Waals surface area contributed by atoms with Gasteiger partial charge < -0.3 is 5.73 Å². The quantitative estimate of drug-likeness (QED) is 0.809. The van der Waals surface area contributed by atoms with E-state index < -0.39 is 26.8 Å². The summed E-state index contributed by atoms with van der Waals surface area (Å²) in [5.74, 6) is -0.871. The van der Waals surface area contributed by atoms with E-state index in [9.17, 15) is 12.8 Å². The smallest absolute Gasteiger partial charge is 0.246 e. The van der Waals surface area contributed by atoms with Crippen LogP contribution in [0.1, 0.15) is 18.5 Å². The largest absolute Gasteiger partial charge is 0.398 e. The molecule has 0 spiro atoms. The topological polar surface area (TPSA) is 72.2 Å². The van der Waals surface area contributed by atoms with Crippen molar-refractivity contribution in [3.05, 3.63) is 58.3 Å². The van der Waals surface area contributed by atoms with Crippen LogP contribution in [0.15, 0.2) is 51.8 Å². The molecule has 0 fully saturated rings. The molecule has 0 radical (unpaired) electrons. The molecule has 0 aliphatic heterocycles. The van der Waals surface area contributed by atoms with E-state index in [0.717, 1.165) is 16.1 Å². The van der Waals surface area contributed by atoms with Gasteiger partial charge in [-0.1, -0.05) is 34.1 Å². The SMILES string of the molecule is CC(NS(=O)(=O)c1c(N)cccc1F)c1cccc(Br)c1. The number of halogens is 2. The minimum absolute atomic E-state index is 0.121. The summed E-state index contributed by atoms with van der Waals surface area (Å²) >= 11 is 3.32. The van der Waals surface area contributed by atoms with E-state index >= 15 is 0 Å². The first-order chi connectivity index (χ1) is 9.81. The molecule has 21 heavy (non-hydrogen) atoms. The number of nitrogens with two attached hydrogens (primary N) is 1. The maximum atomic E-state index is 13.8. The van der Waals surface area contributed by atoms with Crippen molar-refractivity contribution in [1.29, 1.82) is 0 Å². The van der Waals surface area contributed by atoms with Crippen LogP contribution in [-0.2, 0) is 10.0 Å². The molecule has 0 amide bonds. The second-order valence-corrected chi connectivity index (χ2v) is 7.12. The van der Waals surface area contributed by atoms with Crippen LogP contribution in [0.2, 0.25) is 0 Å². The fourth-order valence-corrected chi connectivity index (χ4v) is 3.78. The number of rotatable bonds is 4. The van der Waals surface area contributed by atoms with Gasteiger partial charge in [0.1, 0.15) is 10.7 Å². The van der Waals surface area contributed by atoms with E-state index in [4.69, 9.17) is 5.73 Å². The lowest BCUT2D eigenvalue weighted by atomic mass is 10.1. The number of nitrogens with one attached hydrogen (secondary N) is 1. The van der Waals surface area contributed by atoms with Gasteiger partial charge in [-0.2, -0.15) is 0 Å². The first kappa shape index (κ1) is 15.9. The minimum Gasteiger partial charge on any atom is -0.398 e. The highest BCUT2D eigenvalue weighted by Crippen LogP contribution is 2.24. The second-order valence-electron chi connectivity index (χ2n) is 4.56. The number of nitrogen functional groups attached to an aromatic ring is 1. The Morgan fingerprint density at radius 3 is 2.52 bits per heavy atom. The number of benzene rings is 2. The molecule has 2 aromatic carbocycles. The van der Waals surface area contributed by atoms with Gasteiger partial charge in [0, 0.05) is 10.5 Å². The lowest BCUT2D eigenvalue weighted by Gasteiger charge is -2.16. The molecule has 1 atom stereocenters. The normalized spacial score (nSPS) is 13.1. The van der Waals surface area contributed by atoms with E-state index in [1.165, 1.54) is 12.1 Å². The van der Waals surface area contributed by atoms with Crippen molar-refractivity contribution in [1.82, 2.24) is 4.72 Å². The molecule has 0 saturated heterocycles. The zero-order valence-corrected chi connectivity index (χ0v) is 13.6. The van der Waals surface area contributed by atoms with Crippen molar-refractivity contribution in [2.45, 2.75) is 17.9 Å². The first-order valence-corrected chi connectivity index (χ1v) is 8.40. The van der Waals surface area contributed by atoms with Gasteiger partial charge in [0.2, 0.25) is 10.0 Å². The summed E-state index contributed by atoms with van der Waals surface area (Å²) in [5, 5.41) is 0. The van der Waals surface area contributed by atoms with Crippen molar-refractivity contribution < 1.29 is 12.8 Å². The Hall–Kier alpha value is -1.44. The summed E-state index contributed by atoms with van der Waals surface area (Å²) in [6, 6.07) is 10.4. The third-order valence-corrected chi connectivity index (χ3v) is 5.07. The minimum atomic E-state index is -4.05. The highest BCUT2D eigenvalue weighted by Gasteiger charge is 2.24. The number of anilines is 1. The second kappa shape index (κ2) is 6.13. The van der Waals surface area contributed by atoms with Crippen LogP contribution in [-0.4, -0.2) is 8.42 Å². The molecule has 2 aromatic rings. The summed E-state index contributed by atoms with van der Waals surface area (Å²) in [6.45, 7) is 1.68. The maximum absolute atomic E-state index is 13.8. The van der Waals surface area contributed by atoms with Gasteiger partial charge in [0.25, 0.3) is 0 Å². The Morgan fingerprint density at radius 2 is 1.90 bits per heavy atom. The van der Waals surface area contributed by atoms with Crippen LogP contribution in [0.4, 0.5) is 10.1 Å². The molecule has 112 valence electrons. The monoisotopic (exact) mass is 372 g/mol.